The molecule has 1 aliphatic rings. The van der Waals surface area contributed by atoms with Crippen LogP contribution in [-0.2, 0) is 14.8 Å². The summed E-state index contributed by atoms with van der Waals surface area (Å²) in [6.45, 7) is 4.01. The lowest BCUT2D eigenvalue weighted by Gasteiger charge is -2.34. The average molecular weight is 419 g/mol. The van der Waals surface area contributed by atoms with Gasteiger partial charge in [-0.2, -0.15) is 4.31 Å². The van der Waals surface area contributed by atoms with E-state index in [1.807, 2.05) is 31.2 Å². The Morgan fingerprint density at radius 2 is 1.48 bits per heavy atom. The molecule has 1 amide bonds. The maximum atomic E-state index is 12.7. The first-order valence-corrected chi connectivity index (χ1v) is 11.1. The lowest BCUT2D eigenvalue weighted by atomic mass is 10.3. The van der Waals surface area contributed by atoms with Crippen LogP contribution in [0, 0.1) is 0 Å². The van der Waals surface area contributed by atoms with Crippen LogP contribution in [0.3, 0.4) is 0 Å². The summed E-state index contributed by atoms with van der Waals surface area (Å²) in [6.07, 6.45) is 0.228. The maximum absolute atomic E-state index is 12.7. The highest BCUT2D eigenvalue weighted by Crippen LogP contribution is 2.26. The zero-order valence-corrected chi connectivity index (χ0v) is 17.3. The van der Waals surface area contributed by atoms with Crippen LogP contribution >= 0.6 is 0 Å². The SMILES string of the molecule is CCOc1ccccc1OCCC(=O)N1CCN(S(=O)(=O)c2ccccc2)CC1. The summed E-state index contributed by atoms with van der Waals surface area (Å²) < 4.78 is 38.0. The molecule has 2 aromatic rings. The van der Waals surface area contributed by atoms with Gasteiger partial charge in [0.1, 0.15) is 0 Å². The van der Waals surface area contributed by atoms with Crippen molar-refractivity contribution < 1.29 is 22.7 Å². The largest absolute Gasteiger partial charge is 0.490 e. The minimum absolute atomic E-state index is 0.0457. The zero-order chi connectivity index (χ0) is 20.7. The Kier molecular flexibility index (Phi) is 7.11. The van der Waals surface area contributed by atoms with Crippen molar-refractivity contribution >= 4 is 15.9 Å². The molecule has 3 rings (SSSR count). The van der Waals surface area contributed by atoms with Crippen LogP contribution in [0.5, 0.6) is 11.5 Å². The third-order valence-corrected chi connectivity index (χ3v) is 6.61. The van der Waals surface area contributed by atoms with E-state index >= 15 is 0 Å². The van der Waals surface area contributed by atoms with E-state index in [2.05, 4.69) is 0 Å². The van der Waals surface area contributed by atoms with Gasteiger partial charge in [0.15, 0.2) is 11.5 Å². The Balaban J connectivity index is 1.48. The molecule has 156 valence electrons. The van der Waals surface area contributed by atoms with Crippen molar-refractivity contribution in [3.63, 3.8) is 0 Å². The van der Waals surface area contributed by atoms with Crippen molar-refractivity contribution in [3.05, 3.63) is 54.6 Å². The Labute approximate surface area is 171 Å². The van der Waals surface area contributed by atoms with Gasteiger partial charge >= 0.3 is 0 Å². The smallest absolute Gasteiger partial charge is 0.243 e. The van der Waals surface area contributed by atoms with Crippen molar-refractivity contribution in [2.75, 3.05) is 39.4 Å². The van der Waals surface area contributed by atoms with Crippen LogP contribution < -0.4 is 9.47 Å². The van der Waals surface area contributed by atoms with Gasteiger partial charge in [-0.3, -0.25) is 4.79 Å². The summed E-state index contributed by atoms with van der Waals surface area (Å²) in [7, 11) is -3.52. The van der Waals surface area contributed by atoms with E-state index < -0.39 is 10.0 Å². The van der Waals surface area contributed by atoms with Gasteiger partial charge < -0.3 is 14.4 Å². The minimum atomic E-state index is -3.52. The topological polar surface area (TPSA) is 76.2 Å². The van der Waals surface area contributed by atoms with Gasteiger partial charge in [0, 0.05) is 26.2 Å². The van der Waals surface area contributed by atoms with Gasteiger partial charge in [-0.1, -0.05) is 30.3 Å². The molecule has 7 nitrogen and oxygen atoms in total. The second kappa shape index (κ2) is 9.76. The number of nitrogens with zero attached hydrogens (tertiary/aromatic N) is 2. The number of sulfonamides is 1. The van der Waals surface area contributed by atoms with Crippen LogP contribution in [0.15, 0.2) is 59.5 Å². The van der Waals surface area contributed by atoms with Gasteiger partial charge in [0.25, 0.3) is 0 Å². The van der Waals surface area contributed by atoms with Crippen LogP contribution in [0.2, 0.25) is 0 Å². The number of carbonyl (C=O) groups is 1. The van der Waals surface area contributed by atoms with Crippen LogP contribution in [0.25, 0.3) is 0 Å². The zero-order valence-electron chi connectivity index (χ0n) is 16.5. The van der Waals surface area contributed by atoms with E-state index in [0.29, 0.717) is 31.2 Å². The van der Waals surface area contributed by atoms with Crippen molar-refractivity contribution in [2.45, 2.75) is 18.2 Å². The molecule has 2 aromatic carbocycles. The van der Waals surface area contributed by atoms with E-state index in [9.17, 15) is 13.2 Å². The highest BCUT2D eigenvalue weighted by molar-refractivity contribution is 7.89. The first-order valence-electron chi connectivity index (χ1n) is 9.70. The van der Waals surface area contributed by atoms with Crippen molar-refractivity contribution in [1.82, 2.24) is 9.21 Å². The van der Waals surface area contributed by atoms with Crippen molar-refractivity contribution in [3.8, 4) is 11.5 Å². The summed E-state index contributed by atoms with van der Waals surface area (Å²) in [6, 6.07) is 15.7. The van der Waals surface area contributed by atoms with Gasteiger partial charge in [0.2, 0.25) is 15.9 Å². The first-order chi connectivity index (χ1) is 14.0. The summed E-state index contributed by atoms with van der Waals surface area (Å²) in [4.78, 5) is 14.4. The lowest BCUT2D eigenvalue weighted by Crippen LogP contribution is -2.50. The summed E-state index contributed by atoms with van der Waals surface area (Å²) in [5.41, 5.74) is 0. The highest BCUT2D eigenvalue weighted by atomic mass is 32.2. The molecule has 1 saturated heterocycles. The number of amides is 1. The van der Waals surface area contributed by atoms with E-state index in [1.54, 1.807) is 35.2 Å². The van der Waals surface area contributed by atoms with Crippen LogP contribution in [0.1, 0.15) is 13.3 Å². The van der Waals surface area contributed by atoms with Gasteiger partial charge in [-0.25, -0.2) is 8.42 Å². The van der Waals surface area contributed by atoms with E-state index in [4.69, 9.17) is 9.47 Å². The molecular weight excluding hydrogens is 392 g/mol. The molecule has 0 N–H and O–H groups in total. The number of hydrogen-bond acceptors (Lipinski definition) is 5. The molecule has 0 bridgehead atoms. The Bertz CT molecular complexity index is 910. The predicted octanol–water partition coefficient (Wildman–Crippen LogP) is 2.39. The Morgan fingerprint density at radius 3 is 2.10 bits per heavy atom. The quantitative estimate of drug-likeness (QED) is 0.658. The van der Waals surface area contributed by atoms with Crippen LogP contribution in [0.4, 0.5) is 0 Å². The Hall–Kier alpha value is -2.58. The molecule has 1 aliphatic heterocycles. The standard InChI is InChI=1S/C21H26N2O5S/c1-2-27-19-10-6-7-11-20(19)28-17-12-21(24)22-13-15-23(16-14-22)29(25,26)18-8-4-3-5-9-18/h3-11H,2,12-17H2,1H3. The third-order valence-electron chi connectivity index (χ3n) is 4.69. The fourth-order valence-electron chi connectivity index (χ4n) is 3.17. The molecule has 0 atom stereocenters. The minimum Gasteiger partial charge on any atom is -0.490 e. The molecule has 0 unspecified atom stereocenters. The molecule has 1 heterocycles. The number of hydrogen-bond donors (Lipinski definition) is 0. The monoisotopic (exact) mass is 418 g/mol. The second-order valence-corrected chi connectivity index (χ2v) is 8.51. The number of benzene rings is 2. The summed E-state index contributed by atoms with van der Waals surface area (Å²) in [5, 5.41) is 0. The predicted molar refractivity (Wildman–Crippen MR) is 110 cm³/mol. The molecule has 0 saturated carbocycles. The summed E-state index contributed by atoms with van der Waals surface area (Å²) >= 11 is 0. The molecule has 0 spiro atoms. The molecule has 8 heteroatoms. The van der Waals surface area contributed by atoms with Crippen molar-refractivity contribution in [2.24, 2.45) is 0 Å². The molecule has 0 aromatic heterocycles. The van der Waals surface area contributed by atoms with Gasteiger partial charge in [-0.15, -0.1) is 0 Å². The number of rotatable bonds is 8. The van der Waals surface area contributed by atoms with E-state index in [1.165, 1.54) is 4.31 Å². The molecule has 29 heavy (non-hydrogen) atoms. The number of carbonyl (C=O) groups excluding carboxylic acids is 1. The number of ether oxygens (including phenoxy) is 2. The average Bonchev–Trinajstić information content (AvgIpc) is 2.76. The molecular formula is C21H26N2O5S. The van der Waals surface area contributed by atoms with Gasteiger partial charge in [0.05, 0.1) is 24.5 Å². The Morgan fingerprint density at radius 1 is 0.897 bits per heavy atom. The fraction of sp³-hybridized carbons (Fsp3) is 0.381. The number of piperazine rings is 1. The van der Waals surface area contributed by atoms with Crippen molar-refractivity contribution in [1.29, 1.82) is 0 Å². The highest BCUT2D eigenvalue weighted by Gasteiger charge is 2.29. The molecule has 0 radical (unpaired) electrons. The number of para-hydroxylation sites is 2. The molecule has 1 fully saturated rings. The van der Waals surface area contributed by atoms with Crippen LogP contribution in [-0.4, -0.2) is 62.9 Å². The summed E-state index contributed by atoms with van der Waals surface area (Å²) in [5.74, 6) is 1.22. The van der Waals surface area contributed by atoms with E-state index in [0.717, 1.165) is 0 Å². The van der Waals surface area contributed by atoms with E-state index in [-0.39, 0.29) is 36.9 Å². The second-order valence-electron chi connectivity index (χ2n) is 6.58. The molecule has 0 aliphatic carbocycles. The maximum Gasteiger partial charge on any atom is 0.243 e. The fourth-order valence-corrected chi connectivity index (χ4v) is 4.61. The third kappa shape index (κ3) is 5.27. The first kappa shape index (κ1) is 21.1. The van der Waals surface area contributed by atoms with Gasteiger partial charge in [-0.05, 0) is 31.2 Å². The lowest BCUT2D eigenvalue weighted by molar-refractivity contribution is -0.132. The normalized spacial score (nSPS) is 15.1.